The summed E-state index contributed by atoms with van der Waals surface area (Å²) >= 11 is 0. The fraction of sp³-hybridized carbons (Fsp3) is 0.579. The zero-order valence-electron chi connectivity index (χ0n) is 16.2. The lowest BCUT2D eigenvalue weighted by Gasteiger charge is -2.58. The maximum Gasteiger partial charge on any atom is 0.251 e. The van der Waals surface area contributed by atoms with Gasteiger partial charge < -0.3 is 20.7 Å². The predicted molar refractivity (Wildman–Crippen MR) is 104 cm³/mol. The van der Waals surface area contributed by atoms with Crippen molar-refractivity contribution in [2.75, 3.05) is 20.7 Å². The molecule has 2 amide bonds. The molecule has 6 nitrogen and oxygen atoms in total. The van der Waals surface area contributed by atoms with Crippen molar-refractivity contribution in [3.63, 3.8) is 0 Å². The van der Waals surface area contributed by atoms with E-state index in [9.17, 15) is 9.59 Å². The van der Waals surface area contributed by atoms with Crippen molar-refractivity contribution in [1.29, 1.82) is 0 Å². The molecule has 1 fully saturated rings. The summed E-state index contributed by atoms with van der Waals surface area (Å²) in [5.41, 5.74) is 6.68. The smallest absolute Gasteiger partial charge is 0.251 e. The maximum absolute atomic E-state index is 12.9. The topological polar surface area (TPSA) is 84.7 Å². The summed E-state index contributed by atoms with van der Waals surface area (Å²) in [6, 6.07) is 7.21. The van der Waals surface area contributed by atoms with Crippen LogP contribution in [0.2, 0.25) is 0 Å². The quantitative estimate of drug-likeness (QED) is 0.786. The Kier molecular flexibility index (Phi) is 7.22. The molecule has 26 heavy (non-hydrogen) atoms. The van der Waals surface area contributed by atoms with Gasteiger partial charge in [-0.25, -0.2) is 0 Å². The molecule has 2 unspecified atom stereocenters. The van der Waals surface area contributed by atoms with E-state index in [-0.39, 0.29) is 30.3 Å². The third-order valence-electron chi connectivity index (χ3n) is 5.42. The van der Waals surface area contributed by atoms with E-state index in [1.165, 1.54) is 0 Å². The van der Waals surface area contributed by atoms with E-state index in [0.717, 1.165) is 5.56 Å². The molecule has 146 valence electrons. The molecule has 0 aliphatic heterocycles. The highest BCUT2D eigenvalue weighted by Crippen LogP contribution is 2.50. The second kappa shape index (κ2) is 8.37. The fourth-order valence-corrected chi connectivity index (χ4v) is 3.39. The Bertz CT molecular complexity index is 648. The summed E-state index contributed by atoms with van der Waals surface area (Å²) in [6.45, 7) is 6.98. The highest BCUT2D eigenvalue weighted by molar-refractivity contribution is 5.94. The molecule has 0 bridgehead atoms. The number of hydrogen-bond acceptors (Lipinski definition) is 4. The largest absolute Gasteiger partial charge is 0.378 e. The number of benzene rings is 1. The van der Waals surface area contributed by atoms with Crippen molar-refractivity contribution in [2.45, 2.75) is 45.4 Å². The molecule has 7 heteroatoms. The fourth-order valence-electron chi connectivity index (χ4n) is 3.39. The number of hydrogen-bond donors (Lipinski definition) is 2. The van der Waals surface area contributed by atoms with Crippen LogP contribution in [0.15, 0.2) is 24.3 Å². The van der Waals surface area contributed by atoms with E-state index in [1.807, 2.05) is 32.9 Å². The Balaban J connectivity index is 0.00000338. The summed E-state index contributed by atoms with van der Waals surface area (Å²) < 4.78 is 5.69. The van der Waals surface area contributed by atoms with Crippen molar-refractivity contribution in [3.05, 3.63) is 35.4 Å². The standard InChI is InChI=1S/C19H29N3O3.ClH/c1-6-25-15-11-19(20,18(15,2)3)17(24)22(5)12-13-7-9-14(10-8-13)16(23)21-4;/h7-10,15H,6,11-12,20H2,1-5H3,(H,21,23);1H. The average molecular weight is 384 g/mol. The number of ether oxygens (including phenoxy) is 1. The lowest BCUT2D eigenvalue weighted by molar-refractivity contribution is -0.178. The Labute approximate surface area is 161 Å². The molecule has 0 saturated heterocycles. The lowest BCUT2D eigenvalue weighted by Crippen LogP contribution is -2.75. The second-order valence-electron chi connectivity index (χ2n) is 7.28. The van der Waals surface area contributed by atoms with Gasteiger partial charge in [-0.15, -0.1) is 12.4 Å². The van der Waals surface area contributed by atoms with Crippen LogP contribution in [0.4, 0.5) is 0 Å². The number of nitrogens with zero attached hydrogens (tertiary/aromatic N) is 1. The summed E-state index contributed by atoms with van der Waals surface area (Å²) in [7, 11) is 3.35. The molecule has 1 aliphatic carbocycles. The minimum Gasteiger partial charge on any atom is -0.378 e. The summed E-state index contributed by atoms with van der Waals surface area (Å²) in [6.07, 6.45) is 0.541. The highest BCUT2D eigenvalue weighted by atomic mass is 35.5. The molecule has 0 aromatic heterocycles. The number of amides is 2. The monoisotopic (exact) mass is 383 g/mol. The van der Waals surface area contributed by atoms with E-state index in [4.69, 9.17) is 10.5 Å². The van der Waals surface area contributed by atoms with Gasteiger partial charge in [0.2, 0.25) is 5.91 Å². The van der Waals surface area contributed by atoms with Crippen LogP contribution >= 0.6 is 12.4 Å². The molecule has 2 atom stereocenters. The summed E-state index contributed by atoms with van der Waals surface area (Å²) in [4.78, 5) is 26.2. The number of carbonyl (C=O) groups is 2. The van der Waals surface area contributed by atoms with Crippen LogP contribution in [0, 0.1) is 5.41 Å². The lowest BCUT2D eigenvalue weighted by atomic mass is 9.54. The number of halogens is 1. The van der Waals surface area contributed by atoms with Crippen molar-refractivity contribution >= 4 is 24.2 Å². The van der Waals surface area contributed by atoms with Crippen LogP contribution in [-0.2, 0) is 16.1 Å². The van der Waals surface area contributed by atoms with E-state index in [0.29, 0.717) is 25.1 Å². The van der Waals surface area contributed by atoms with Gasteiger partial charge in [0.05, 0.1) is 6.10 Å². The molecule has 1 saturated carbocycles. The minimum absolute atomic E-state index is 0. The molecule has 0 heterocycles. The van der Waals surface area contributed by atoms with Gasteiger partial charge in [-0.1, -0.05) is 26.0 Å². The zero-order chi connectivity index (χ0) is 18.8. The van der Waals surface area contributed by atoms with Crippen LogP contribution in [0.5, 0.6) is 0 Å². The van der Waals surface area contributed by atoms with Crippen LogP contribution in [0.25, 0.3) is 0 Å². The third kappa shape index (κ3) is 3.87. The van der Waals surface area contributed by atoms with Crippen LogP contribution < -0.4 is 11.1 Å². The first kappa shape index (κ1) is 22.4. The summed E-state index contributed by atoms with van der Waals surface area (Å²) in [5, 5.41) is 2.59. The molecular formula is C19H30ClN3O3. The molecule has 3 N–H and O–H groups in total. The first-order valence-electron chi connectivity index (χ1n) is 8.64. The molecule has 1 aromatic carbocycles. The Morgan fingerprint density at radius 3 is 2.35 bits per heavy atom. The Morgan fingerprint density at radius 2 is 1.88 bits per heavy atom. The normalized spacial score (nSPS) is 23.4. The molecule has 1 aliphatic rings. The zero-order valence-corrected chi connectivity index (χ0v) is 17.0. The van der Waals surface area contributed by atoms with Crippen molar-refractivity contribution < 1.29 is 14.3 Å². The van der Waals surface area contributed by atoms with E-state index >= 15 is 0 Å². The van der Waals surface area contributed by atoms with Gasteiger partial charge in [-0.2, -0.15) is 0 Å². The van der Waals surface area contributed by atoms with Gasteiger partial charge in [0.25, 0.3) is 5.91 Å². The highest BCUT2D eigenvalue weighted by Gasteiger charge is 2.63. The minimum atomic E-state index is -0.913. The molecule has 2 rings (SSSR count). The van der Waals surface area contributed by atoms with E-state index in [2.05, 4.69) is 5.32 Å². The number of nitrogens with two attached hydrogens (primary N) is 1. The molecule has 0 spiro atoms. The average Bonchev–Trinajstić information content (AvgIpc) is 2.60. The summed E-state index contributed by atoms with van der Waals surface area (Å²) in [5.74, 6) is -0.209. The van der Waals surface area contributed by atoms with Crippen LogP contribution in [0.1, 0.15) is 43.1 Å². The van der Waals surface area contributed by atoms with E-state index in [1.54, 1.807) is 31.1 Å². The van der Waals surface area contributed by atoms with Gasteiger partial charge in [-0.3, -0.25) is 9.59 Å². The van der Waals surface area contributed by atoms with Gasteiger partial charge >= 0.3 is 0 Å². The van der Waals surface area contributed by atoms with Crippen LogP contribution in [0.3, 0.4) is 0 Å². The molecule has 0 radical (unpaired) electrons. The maximum atomic E-state index is 12.9. The van der Waals surface area contributed by atoms with Gasteiger partial charge in [-0.05, 0) is 24.6 Å². The Morgan fingerprint density at radius 1 is 1.31 bits per heavy atom. The van der Waals surface area contributed by atoms with E-state index < -0.39 is 11.0 Å². The Hall–Kier alpha value is -1.63. The number of carbonyl (C=O) groups excluding carboxylic acids is 2. The number of nitrogens with one attached hydrogen (secondary N) is 1. The van der Waals surface area contributed by atoms with Gasteiger partial charge in [0.1, 0.15) is 5.54 Å². The molecular weight excluding hydrogens is 354 g/mol. The van der Waals surface area contributed by atoms with Crippen LogP contribution in [-0.4, -0.2) is 49.1 Å². The molecule has 1 aromatic rings. The number of likely N-dealkylation sites (N-methyl/N-ethyl adjacent to an activating group) is 1. The predicted octanol–water partition coefficient (Wildman–Crippen LogP) is 1.96. The third-order valence-corrected chi connectivity index (χ3v) is 5.42. The first-order chi connectivity index (χ1) is 11.7. The van der Waals surface area contributed by atoms with Crippen molar-refractivity contribution in [2.24, 2.45) is 11.1 Å². The van der Waals surface area contributed by atoms with Crippen molar-refractivity contribution in [3.8, 4) is 0 Å². The van der Waals surface area contributed by atoms with Crippen molar-refractivity contribution in [1.82, 2.24) is 10.2 Å². The van der Waals surface area contributed by atoms with Gasteiger partial charge in [0.15, 0.2) is 0 Å². The second-order valence-corrected chi connectivity index (χ2v) is 7.28. The van der Waals surface area contributed by atoms with Gasteiger partial charge in [0, 0.05) is 44.6 Å². The SMILES string of the molecule is CCOC1CC(N)(C(=O)N(C)Cc2ccc(C(=O)NC)cc2)C1(C)C.Cl. The first-order valence-corrected chi connectivity index (χ1v) is 8.64. The number of rotatable bonds is 6.